The first-order chi connectivity index (χ1) is 10.6. The Balaban J connectivity index is 1.63. The summed E-state index contributed by atoms with van der Waals surface area (Å²) in [5.74, 6) is -0.796. The molecule has 3 fully saturated rings. The summed E-state index contributed by atoms with van der Waals surface area (Å²) < 4.78 is 5.61. The van der Waals surface area contributed by atoms with E-state index in [-0.39, 0.29) is 28.6 Å². The lowest BCUT2D eigenvalue weighted by molar-refractivity contribution is 0.0449. The molecule has 2 atom stereocenters. The lowest BCUT2D eigenvalue weighted by atomic mass is 9.62. The van der Waals surface area contributed by atoms with Gasteiger partial charge in [0.2, 0.25) is 0 Å². The largest absolute Gasteiger partial charge is 0.478 e. The molecular weight excluding hydrogens is 284 g/mol. The number of carbonyl (C=O) groups excluding carboxylic acids is 1. The molecule has 6 heteroatoms. The van der Waals surface area contributed by atoms with Gasteiger partial charge in [-0.3, -0.25) is 9.78 Å². The number of hydrogen-bond acceptors (Lipinski definition) is 4. The fraction of sp³-hybridized carbons (Fsp3) is 0.562. The molecule has 3 heterocycles. The van der Waals surface area contributed by atoms with Gasteiger partial charge in [0, 0.05) is 18.7 Å². The van der Waals surface area contributed by atoms with Crippen molar-refractivity contribution in [3.05, 3.63) is 29.6 Å². The zero-order valence-corrected chi connectivity index (χ0v) is 12.2. The van der Waals surface area contributed by atoms with Crippen LogP contribution in [0.1, 0.15) is 40.1 Å². The summed E-state index contributed by atoms with van der Waals surface area (Å²) in [6, 6.07) is 2.88. The van der Waals surface area contributed by atoms with Gasteiger partial charge in [-0.1, -0.05) is 6.42 Å². The van der Waals surface area contributed by atoms with E-state index in [2.05, 4.69) is 4.98 Å². The van der Waals surface area contributed by atoms with E-state index in [1.54, 1.807) is 0 Å². The fourth-order valence-corrected chi connectivity index (χ4v) is 4.22. The van der Waals surface area contributed by atoms with Crippen LogP contribution in [0.2, 0.25) is 0 Å². The molecule has 4 rings (SSSR count). The van der Waals surface area contributed by atoms with Crippen molar-refractivity contribution in [3.8, 4) is 0 Å². The van der Waals surface area contributed by atoms with Gasteiger partial charge in [0.25, 0.3) is 5.91 Å². The molecule has 2 saturated heterocycles. The van der Waals surface area contributed by atoms with E-state index in [1.807, 2.05) is 4.90 Å². The molecule has 1 N–H and O–H groups in total. The molecule has 1 aliphatic carbocycles. The summed E-state index contributed by atoms with van der Waals surface area (Å²) in [5, 5.41) is 9.06. The first-order valence-electron chi connectivity index (χ1n) is 7.69. The molecular formula is C16H18N2O4. The Hall–Kier alpha value is -1.95. The predicted molar refractivity (Wildman–Crippen MR) is 76.6 cm³/mol. The number of likely N-dealkylation sites (tertiary alicyclic amines) is 1. The van der Waals surface area contributed by atoms with E-state index in [0.717, 1.165) is 26.0 Å². The van der Waals surface area contributed by atoms with Gasteiger partial charge < -0.3 is 14.7 Å². The molecule has 1 aromatic heterocycles. The third-order valence-electron chi connectivity index (χ3n) is 5.56. The number of fused-ring (bicyclic) bond motifs is 2. The fourth-order valence-electron chi connectivity index (χ4n) is 4.22. The Labute approximate surface area is 128 Å². The molecule has 1 saturated carbocycles. The van der Waals surface area contributed by atoms with Crippen LogP contribution in [0.5, 0.6) is 0 Å². The van der Waals surface area contributed by atoms with Gasteiger partial charge in [-0.15, -0.1) is 0 Å². The number of carboxylic acids is 1. The molecule has 22 heavy (non-hydrogen) atoms. The number of nitrogens with zero attached hydrogens (tertiary/aromatic N) is 2. The summed E-state index contributed by atoms with van der Waals surface area (Å²) >= 11 is 0. The van der Waals surface area contributed by atoms with Gasteiger partial charge in [-0.05, 0) is 30.4 Å². The van der Waals surface area contributed by atoms with Crippen molar-refractivity contribution in [2.45, 2.75) is 25.3 Å². The second-order valence-corrected chi connectivity index (χ2v) is 6.60. The number of pyridine rings is 1. The second-order valence-electron chi connectivity index (χ2n) is 6.60. The monoisotopic (exact) mass is 302 g/mol. The number of carboxylic acid groups (broad SMARTS) is 1. The SMILES string of the molecule is O=C(O)c1ccnc(C(=O)N2CC3(CCC3)[C@@H]3COC[C@@H]32)c1. The van der Waals surface area contributed by atoms with Crippen LogP contribution in [0.25, 0.3) is 0 Å². The molecule has 1 spiro atoms. The van der Waals surface area contributed by atoms with E-state index >= 15 is 0 Å². The average molecular weight is 302 g/mol. The highest BCUT2D eigenvalue weighted by atomic mass is 16.5. The van der Waals surface area contributed by atoms with Crippen molar-refractivity contribution >= 4 is 11.9 Å². The number of rotatable bonds is 2. The van der Waals surface area contributed by atoms with Crippen LogP contribution in [0, 0.1) is 11.3 Å². The van der Waals surface area contributed by atoms with Crippen LogP contribution in [0.15, 0.2) is 18.3 Å². The lowest BCUT2D eigenvalue weighted by Gasteiger charge is -2.41. The smallest absolute Gasteiger partial charge is 0.335 e. The Morgan fingerprint density at radius 2 is 2.18 bits per heavy atom. The minimum absolute atomic E-state index is 0.0927. The minimum atomic E-state index is -1.05. The van der Waals surface area contributed by atoms with Crippen molar-refractivity contribution in [2.75, 3.05) is 19.8 Å². The summed E-state index contributed by atoms with van der Waals surface area (Å²) in [5.41, 5.74) is 0.526. The molecule has 0 bridgehead atoms. The van der Waals surface area contributed by atoms with Gasteiger partial charge in [0.05, 0.1) is 24.8 Å². The van der Waals surface area contributed by atoms with Crippen LogP contribution < -0.4 is 0 Å². The summed E-state index contributed by atoms with van der Waals surface area (Å²) in [6.07, 6.45) is 4.92. The Bertz CT molecular complexity index is 641. The maximum absolute atomic E-state index is 12.8. The molecule has 0 radical (unpaired) electrons. The molecule has 0 aromatic carbocycles. The quantitative estimate of drug-likeness (QED) is 0.893. The number of ether oxygens (including phenoxy) is 1. The minimum Gasteiger partial charge on any atom is -0.478 e. The number of aromatic nitrogens is 1. The van der Waals surface area contributed by atoms with Crippen LogP contribution in [0.3, 0.4) is 0 Å². The van der Waals surface area contributed by atoms with Gasteiger partial charge in [0.15, 0.2) is 0 Å². The van der Waals surface area contributed by atoms with E-state index in [9.17, 15) is 9.59 Å². The van der Waals surface area contributed by atoms with E-state index in [4.69, 9.17) is 9.84 Å². The number of carbonyl (C=O) groups is 2. The van der Waals surface area contributed by atoms with Crippen molar-refractivity contribution in [2.24, 2.45) is 11.3 Å². The molecule has 2 aliphatic heterocycles. The standard InChI is InChI=1S/C16H18N2O4/c19-14(12-6-10(15(20)21)2-5-17-12)18-9-16(3-1-4-16)11-7-22-8-13(11)18/h2,5-6,11,13H,1,3-4,7-9H2,(H,20,21)/t11-,13+/m1/s1. The average Bonchev–Trinajstić information content (AvgIpc) is 3.06. The van der Waals surface area contributed by atoms with Crippen LogP contribution in [-0.4, -0.2) is 52.7 Å². The van der Waals surface area contributed by atoms with Gasteiger partial charge in [-0.2, -0.15) is 0 Å². The van der Waals surface area contributed by atoms with E-state index < -0.39 is 5.97 Å². The highest BCUT2D eigenvalue weighted by molar-refractivity contribution is 5.96. The Kier molecular flexibility index (Phi) is 2.97. The summed E-state index contributed by atoms with van der Waals surface area (Å²) in [7, 11) is 0. The third kappa shape index (κ3) is 1.86. The van der Waals surface area contributed by atoms with Crippen molar-refractivity contribution in [1.29, 1.82) is 0 Å². The number of amides is 1. The molecule has 1 aromatic rings. The second kappa shape index (κ2) is 4.78. The highest BCUT2D eigenvalue weighted by Gasteiger charge is 2.58. The molecule has 116 valence electrons. The Morgan fingerprint density at radius 3 is 2.86 bits per heavy atom. The van der Waals surface area contributed by atoms with E-state index in [1.165, 1.54) is 24.8 Å². The topological polar surface area (TPSA) is 79.7 Å². The van der Waals surface area contributed by atoms with E-state index in [0.29, 0.717) is 12.5 Å². The zero-order chi connectivity index (χ0) is 15.3. The van der Waals surface area contributed by atoms with Gasteiger partial charge in [0.1, 0.15) is 5.69 Å². The predicted octanol–water partition coefficient (Wildman–Crippen LogP) is 1.42. The van der Waals surface area contributed by atoms with Gasteiger partial charge >= 0.3 is 5.97 Å². The molecule has 6 nitrogen and oxygen atoms in total. The summed E-state index contributed by atoms with van der Waals surface area (Å²) in [6.45, 7) is 2.07. The third-order valence-corrected chi connectivity index (χ3v) is 5.56. The lowest BCUT2D eigenvalue weighted by Crippen LogP contribution is -2.40. The van der Waals surface area contributed by atoms with Crippen molar-refractivity contribution in [1.82, 2.24) is 9.88 Å². The van der Waals surface area contributed by atoms with Crippen molar-refractivity contribution in [3.63, 3.8) is 0 Å². The van der Waals surface area contributed by atoms with Gasteiger partial charge in [-0.25, -0.2) is 4.79 Å². The molecule has 0 unspecified atom stereocenters. The van der Waals surface area contributed by atoms with Crippen LogP contribution >= 0.6 is 0 Å². The maximum Gasteiger partial charge on any atom is 0.335 e. The van der Waals surface area contributed by atoms with Crippen LogP contribution in [-0.2, 0) is 4.74 Å². The summed E-state index contributed by atoms with van der Waals surface area (Å²) in [4.78, 5) is 29.8. The first kappa shape index (κ1) is 13.7. The molecule has 1 amide bonds. The zero-order valence-electron chi connectivity index (χ0n) is 12.2. The molecule has 3 aliphatic rings. The van der Waals surface area contributed by atoms with Crippen LogP contribution in [0.4, 0.5) is 0 Å². The van der Waals surface area contributed by atoms with Crippen molar-refractivity contribution < 1.29 is 19.4 Å². The first-order valence-corrected chi connectivity index (χ1v) is 7.69. The highest BCUT2D eigenvalue weighted by Crippen LogP contribution is 2.55. The number of aromatic carboxylic acids is 1. The Morgan fingerprint density at radius 1 is 1.36 bits per heavy atom. The number of hydrogen-bond donors (Lipinski definition) is 1. The normalized spacial score (nSPS) is 28.5. The maximum atomic E-state index is 12.8.